The summed E-state index contributed by atoms with van der Waals surface area (Å²) in [6.45, 7) is 9.31. The Morgan fingerprint density at radius 1 is 1.12 bits per heavy atom. The number of carbonyl (C=O) groups is 1. The highest BCUT2D eigenvalue weighted by Crippen LogP contribution is 2.44. The summed E-state index contributed by atoms with van der Waals surface area (Å²) in [6.07, 6.45) is 2.16. The van der Waals surface area contributed by atoms with Crippen molar-refractivity contribution in [1.82, 2.24) is 24.5 Å². The molecule has 2 fully saturated rings. The maximum atomic E-state index is 12.4. The van der Waals surface area contributed by atoms with Crippen LogP contribution in [0, 0.1) is 0 Å². The van der Waals surface area contributed by atoms with Gasteiger partial charge in [-0.15, -0.1) is 0 Å². The molecule has 6 rings (SSSR count). The number of hydrogen-bond acceptors (Lipinski definition) is 10. The summed E-state index contributed by atoms with van der Waals surface area (Å²) >= 11 is 3.45. The van der Waals surface area contributed by atoms with Crippen LogP contribution in [0.5, 0.6) is 5.75 Å². The highest BCUT2D eigenvalue weighted by atomic mass is 79.9. The van der Waals surface area contributed by atoms with Crippen molar-refractivity contribution in [3.05, 3.63) is 47.6 Å². The Hall–Kier alpha value is -3.39. The molecule has 3 aromatic heterocycles. The molecule has 1 amide bonds. The van der Waals surface area contributed by atoms with Crippen molar-refractivity contribution in [3.8, 4) is 5.75 Å². The number of aromatic nitrogens is 5. The standard InChI is InChI=1S/C27H29BrN6O6/c1-26(2,3)40-25(35)33-22-19-23(31-12-30-22)34(13-32-19)24-21-20(38-27(4,5)39-21)18(37-24)11-36-16-7-6-14-8-15(28)10-29-17(14)9-16/h6-10,12-13,18,20-21,24H,11H2,1-5H3,(H,30,31,33,35)/t18?,20-,21-,24?/m1/s1. The van der Waals surface area contributed by atoms with Crippen molar-refractivity contribution in [2.45, 2.75) is 70.5 Å². The van der Waals surface area contributed by atoms with Crippen molar-refractivity contribution in [3.63, 3.8) is 0 Å². The molecule has 2 aliphatic heterocycles. The van der Waals surface area contributed by atoms with Crippen molar-refractivity contribution in [2.24, 2.45) is 0 Å². The fourth-order valence-corrected chi connectivity index (χ4v) is 5.24. The molecule has 0 radical (unpaired) electrons. The van der Waals surface area contributed by atoms with E-state index in [0.29, 0.717) is 16.9 Å². The molecule has 2 unspecified atom stereocenters. The number of carbonyl (C=O) groups excluding carboxylic acids is 1. The van der Waals surface area contributed by atoms with Crippen LogP contribution in [0.15, 0.2) is 47.6 Å². The molecule has 5 heterocycles. The number of halogens is 1. The Morgan fingerprint density at radius 3 is 2.73 bits per heavy atom. The van der Waals surface area contributed by atoms with Crippen molar-refractivity contribution >= 4 is 49.9 Å². The maximum Gasteiger partial charge on any atom is 0.413 e. The zero-order valence-corrected chi connectivity index (χ0v) is 24.2. The van der Waals surface area contributed by atoms with Gasteiger partial charge in [-0.25, -0.2) is 19.7 Å². The molecule has 0 saturated carbocycles. The highest BCUT2D eigenvalue weighted by Gasteiger charge is 2.56. The number of hydrogen-bond donors (Lipinski definition) is 1. The lowest BCUT2D eigenvalue weighted by Crippen LogP contribution is -2.33. The fraction of sp³-hybridized carbons (Fsp3) is 0.444. The van der Waals surface area contributed by atoms with E-state index >= 15 is 0 Å². The van der Waals surface area contributed by atoms with Gasteiger partial charge in [-0.1, -0.05) is 0 Å². The number of nitrogens with zero attached hydrogens (tertiary/aromatic N) is 5. The van der Waals surface area contributed by atoms with Gasteiger partial charge >= 0.3 is 6.09 Å². The zero-order valence-electron chi connectivity index (χ0n) is 22.6. The minimum atomic E-state index is -0.815. The Kier molecular flexibility index (Phi) is 6.64. The molecule has 2 saturated heterocycles. The number of pyridine rings is 1. The molecule has 4 aromatic rings. The normalized spacial score (nSPS) is 23.9. The fourth-order valence-electron chi connectivity index (χ4n) is 4.89. The lowest BCUT2D eigenvalue weighted by Gasteiger charge is -2.25. The lowest BCUT2D eigenvalue weighted by atomic mass is 10.1. The Balaban J connectivity index is 1.24. The third-order valence-electron chi connectivity index (χ3n) is 6.41. The summed E-state index contributed by atoms with van der Waals surface area (Å²) in [7, 11) is 0. The van der Waals surface area contributed by atoms with Gasteiger partial charge < -0.3 is 23.7 Å². The smallest absolute Gasteiger partial charge is 0.413 e. The van der Waals surface area contributed by atoms with Gasteiger partial charge in [0.25, 0.3) is 0 Å². The largest absolute Gasteiger partial charge is 0.491 e. The van der Waals surface area contributed by atoms with Crippen LogP contribution in [0.1, 0.15) is 40.8 Å². The van der Waals surface area contributed by atoms with E-state index < -0.39 is 42.0 Å². The topological polar surface area (TPSA) is 132 Å². The van der Waals surface area contributed by atoms with E-state index in [0.717, 1.165) is 15.4 Å². The summed E-state index contributed by atoms with van der Waals surface area (Å²) < 4.78 is 33.1. The second-order valence-electron chi connectivity index (χ2n) is 11.1. The molecule has 40 heavy (non-hydrogen) atoms. The summed E-state index contributed by atoms with van der Waals surface area (Å²) in [4.78, 5) is 29.9. The van der Waals surface area contributed by atoms with E-state index in [-0.39, 0.29) is 12.4 Å². The minimum Gasteiger partial charge on any atom is -0.491 e. The molecule has 2 aliphatic rings. The molecular weight excluding hydrogens is 584 g/mol. The summed E-state index contributed by atoms with van der Waals surface area (Å²) in [5.41, 5.74) is 1.02. The minimum absolute atomic E-state index is 0.228. The quantitative estimate of drug-likeness (QED) is 0.329. The van der Waals surface area contributed by atoms with Crippen LogP contribution in [-0.2, 0) is 18.9 Å². The molecule has 13 heteroatoms. The van der Waals surface area contributed by atoms with Crippen molar-refractivity contribution < 1.29 is 28.5 Å². The SMILES string of the molecule is CC(C)(C)OC(=O)Nc1ncnc2c1ncn2C1OC(COc2ccc3cc(Br)cnc3c2)[C@H]2OC(C)(C)O[C@@H]12. The average molecular weight is 613 g/mol. The summed E-state index contributed by atoms with van der Waals surface area (Å²) in [5, 5.41) is 3.66. The molecule has 0 bridgehead atoms. The zero-order chi connectivity index (χ0) is 28.2. The van der Waals surface area contributed by atoms with Gasteiger partial charge in [-0.3, -0.25) is 14.9 Å². The lowest BCUT2D eigenvalue weighted by molar-refractivity contribution is -0.198. The second kappa shape index (κ2) is 9.91. The molecule has 1 N–H and O–H groups in total. The first-order valence-corrected chi connectivity index (χ1v) is 13.6. The summed E-state index contributed by atoms with van der Waals surface area (Å²) in [5.74, 6) is 0.0843. The number of rotatable bonds is 5. The van der Waals surface area contributed by atoms with Gasteiger partial charge in [0.2, 0.25) is 0 Å². The van der Waals surface area contributed by atoms with Gasteiger partial charge in [0.05, 0.1) is 11.8 Å². The van der Waals surface area contributed by atoms with Gasteiger partial charge in [0.1, 0.15) is 42.6 Å². The molecule has 1 aromatic carbocycles. The predicted octanol–water partition coefficient (Wildman–Crippen LogP) is 4.98. The van der Waals surface area contributed by atoms with Crippen LogP contribution >= 0.6 is 15.9 Å². The number of benzene rings is 1. The number of nitrogens with one attached hydrogen (secondary N) is 1. The van der Waals surface area contributed by atoms with Crippen molar-refractivity contribution in [2.75, 3.05) is 11.9 Å². The van der Waals surface area contributed by atoms with Crippen molar-refractivity contribution in [1.29, 1.82) is 0 Å². The first-order chi connectivity index (χ1) is 19.0. The van der Waals surface area contributed by atoms with E-state index in [1.807, 2.05) is 38.1 Å². The third-order valence-corrected chi connectivity index (χ3v) is 6.85. The number of ether oxygens (including phenoxy) is 5. The monoisotopic (exact) mass is 612 g/mol. The van der Waals surface area contributed by atoms with Crippen LogP contribution in [0.2, 0.25) is 0 Å². The number of amides is 1. The predicted molar refractivity (Wildman–Crippen MR) is 148 cm³/mol. The Morgan fingerprint density at radius 2 is 1.93 bits per heavy atom. The van der Waals surface area contributed by atoms with Crippen LogP contribution in [0.3, 0.4) is 0 Å². The van der Waals surface area contributed by atoms with Crippen LogP contribution in [0.25, 0.3) is 22.1 Å². The highest BCUT2D eigenvalue weighted by molar-refractivity contribution is 9.10. The Labute approximate surface area is 238 Å². The summed E-state index contributed by atoms with van der Waals surface area (Å²) in [6, 6.07) is 7.75. The molecule has 0 aliphatic carbocycles. The first-order valence-electron chi connectivity index (χ1n) is 12.8. The molecule has 4 atom stereocenters. The first kappa shape index (κ1) is 26.8. The second-order valence-corrected chi connectivity index (χ2v) is 12.0. The molecular formula is C27H29BrN6O6. The van der Waals surface area contributed by atoms with Crippen LogP contribution in [0.4, 0.5) is 10.6 Å². The van der Waals surface area contributed by atoms with E-state index in [1.165, 1.54) is 6.33 Å². The number of fused-ring (bicyclic) bond motifs is 3. The van der Waals surface area contributed by atoms with Gasteiger partial charge in [-0.05, 0) is 68.7 Å². The van der Waals surface area contributed by atoms with Crippen LogP contribution in [-0.4, -0.2) is 66.9 Å². The van der Waals surface area contributed by atoms with E-state index in [1.54, 1.807) is 37.9 Å². The number of imidazole rings is 1. The van der Waals surface area contributed by atoms with E-state index in [9.17, 15) is 4.79 Å². The maximum absolute atomic E-state index is 12.4. The van der Waals surface area contributed by atoms with E-state index in [4.69, 9.17) is 23.7 Å². The van der Waals surface area contributed by atoms with Gasteiger partial charge in [-0.2, -0.15) is 0 Å². The third kappa shape index (κ3) is 5.33. The molecule has 0 spiro atoms. The van der Waals surface area contributed by atoms with Gasteiger partial charge in [0.15, 0.2) is 29.0 Å². The molecule has 12 nitrogen and oxygen atoms in total. The van der Waals surface area contributed by atoms with Crippen LogP contribution < -0.4 is 10.1 Å². The Bertz CT molecular complexity index is 1590. The number of anilines is 1. The van der Waals surface area contributed by atoms with E-state index in [2.05, 4.69) is 41.2 Å². The van der Waals surface area contributed by atoms with Gasteiger partial charge in [0, 0.05) is 22.1 Å². The molecule has 210 valence electrons. The average Bonchev–Trinajstić information content (AvgIpc) is 3.53.